The molecule has 1 aromatic carbocycles. The summed E-state index contributed by atoms with van der Waals surface area (Å²) in [6.45, 7) is 8.72. The largest absolute Gasteiger partial charge is 0.492 e. The summed E-state index contributed by atoms with van der Waals surface area (Å²) in [7, 11) is 0. The summed E-state index contributed by atoms with van der Waals surface area (Å²) in [6, 6.07) is 7.93. The lowest BCUT2D eigenvalue weighted by molar-refractivity contribution is -0.118. The highest BCUT2D eigenvalue weighted by molar-refractivity contribution is 7.99. The Morgan fingerprint density at radius 1 is 1.26 bits per heavy atom. The standard InChI is InChI=1S/C18H25N5O3S/c1-12-16(25)23(19)17(22-21-12)27-11-15(24)20-9-10-26-14-7-5-13(6-8-14)18(2,3)4/h5-8H,9-11,19H2,1-4H3,(H,20,24). The molecule has 0 fully saturated rings. The van der Waals surface area contributed by atoms with Gasteiger partial charge in [-0.05, 0) is 30.0 Å². The summed E-state index contributed by atoms with van der Waals surface area (Å²) in [5.41, 5.74) is 1.11. The van der Waals surface area contributed by atoms with E-state index < -0.39 is 5.56 Å². The van der Waals surface area contributed by atoms with E-state index in [0.717, 1.165) is 22.2 Å². The van der Waals surface area contributed by atoms with Gasteiger partial charge in [-0.1, -0.05) is 44.7 Å². The number of nitrogens with zero attached hydrogens (tertiary/aromatic N) is 3. The number of nitrogens with one attached hydrogen (secondary N) is 1. The van der Waals surface area contributed by atoms with Gasteiger partial charge >= 0.3 is 0 Å². The number of carbonyl (C=O) groups excluding carboxylic acids is 1. The maximum atomic E-state index is 11.9. The fraction of sp³-hybridized carbons (Fsp3) is 0.444. The number of hydrogen-bond donors (Lipinski definition) is 2. The molecule has 27 heavy (non-hydrogen) atoms. The highest BCUT2D eigenvalue weighted by Crippen LogP contribution is 2.24. The molecule has 0 aliphatic carbocycles. The molecule has 0 spiro atoms. The summed E-state index contributed by atoms with van der Waals surface area (Å²) >= 11 is 1.05. The zero-order valence-electron chi connectivity index (χ0n) is 16.0. The predicted molar refractivity (Wildman–Crippen MR) is 106 cm³/mol. The average Bonchev–Trinajstić information content (AvgIpc) is 2.62. The van der Waals surface area contributed by atoms with Gasteiger partial charge in [0, 0.05) is 0 Å². The fourth-order valence-corrected chi connectivity index (χ4v) is 2.84. The van der Waals surface area contributed by atoms with Crippen LogP contribution < -0.4 is 21.5 Å². The molecule has 0 aliphatic rings. The Labute approximate surface area is 162 Å². The zero-order chi connectivity index (χ0) is 20.0. The van der Waals surface area contributed by atoms with E-state index in [-0.39, 0.29) is 27.9 Å². The molecule has 9 heteroatoms. The second-order valence-corrected chi connectivity index (χ2v) is 7.95. The van der Waals surface area contributed by atoms with Crippen molar-refractivity contribution in [1.29, 1.82) is 0 Å². The van der Waals surface area contributed by atoms with Crippen LogP contribution in [-0.2, 0) is 10.2 Å². The molecule has 0 radical (unpaired) electrons. The third-order valence-corrected chi connectivity index (χ3v) is 4.71. The molecule has 0 atom stereocenters. The number of carbonyl (C=O) groups is 1. The molecule has 2 aromatic rings. The topological polar surface area (TPSA) is 112 Å². The molecule has 0 saturated heterocycles. The lowest BCUT2D eigenvalue weighted by atomic mass is 9.87. The molecular formula is C18H25N5O3S. The molecule has 0 unspecified atom stereocenters. The Morgan fingerprint density at radius 2 is 1.93 bits per heavy atom. The van der Waals surface area contributed by atoms with E-state index in [0.29, 0.717) is 13.2 Å². The summed E-state index contributed by atoms with van der Waals surface area (Å²) in [6.07, 6.45) is 0. The molecule has 1 aromatic heterocycles. The van der Waals surface area contributed by atoms with Gasteiger partial charge < -0.3 is 15.9 Å². The van der Waals surface area contributed by atoms with Gasteiger partial charge in [-0.15, -0.1) is 10.2 Å². The summed E-state index contributed by atoms with van der Waals surface area (Å²) < 4.78 is 6.52. The number of aromatic nitrogens is 3. The third kappa shape index (κ3) is 5.99. The Balaban J connectivity index is 1.72. The molecule has 1 heterocycles. The van der Waals surface area contributed by atoms with Crippen molar-refractivity contribution in [1.82, 2.24) is 20.2 Å². The average molecular weight is 391 g/mol. The lowest BCUT2D eigenvalue weighted by Crippen LogP contribution is -2.33. The Morgan fingerprint density at radius 3 is 2.56 bits per heavy atom. The normalized spacial score (nSPS) is 11.3. The van der Waals surface area contributed by atoms with Crippen LogP contribution in [0.2, 0.25) is 0 Å². The number of nitrogen functional groups attached to an aromatic ring is 1. The van der Waals surface area contributed by atoms with E-state index in [4.69, 9.17) is 10.6 Å². The zero-order valence-corrected chi connectivity index (χ0v) is 16.8. The third-order valence-electron chi connectivity index (χ3n) is 3.77. The number of hydrogen-bond acceptors (Lipinski definition) is 7. The first-order valence-corrected chi connectivity index (χ1v) is 9.51. The Kier molecular flexibility index (Phi) is 6.84. The summed E-state index contributed by atoms with van der Waals surface area (Å²) in [5.74, 6) is 6.25. The fourth-order valence-electron chi connectivity index (χ4n) is 2.16. The van der Waals surface area contributed by atoms with Crippen LogP contribution >= 0.6 is 11.8 Å². The van der Waals surface area contributed by atoms with Crippen LogP contribution in [-0.4, -0.2) is 39.7 Å². The van der Waals surface area contributed by atoms with Crippen LogP contribution in [0.15, 0.2) is 34.2 Å². The number of aryl methyl sites for hydroxylation is 1. The maximum Gasteiger partial charge on any atom is 0.294 e. The number of benzene rings is 1. The monoisotopic (exact) mass is 391 g/mol. The molecule has 0 saturated carbocycles. The number of amides is 1. The predicted octanol–water partition coefficient (Wildman–Crippen LogP) is 1.25. The van der Waals surface area contributed by atoms with Crippen molar-refractivity contribution in [2.45, 2.75) is 38.3 Å². The van der Waals surface area contributed by atoms with Crippen molar-refractivity contribution < 1.29 is 9.53 Å². The molecule has 0 aliphatic heterocycles. The summed E-state index contributed by atoms with van der Waals surface area (Å²) in [4.78, 5) is 23.5. The second kappa shape index (κ2) is 8.90. The smallest absolute Gasteiger partial charge is 0.294 e. The first-order valence-electron chi connectivity index (χ1n) is 8.52. The molecule has 8 nitrogen and oxygen atoms in total. The van der Waals surface area contributed by atoms with Crippen molar-refractivity contribution in [2.24, 2.45) is 0 Å². The van der Waals surface area contributed by atoms with Gasteiger partial charge in [0.15, 0.2) is 0 Å². The first kappa shape index (κ1) is 20.8. The van der Waals surface area contributed by atoms with Crippen LogP contribution in [0.5, 0.6) is 5.75 Å². The van der Waals surface area contributed by atoms with Gasteiger partial charge in [-0.25, -0.2) is 0 Å². The van der Waals surface area contributed by atoms with Crippen LogP contribution in [0.4, 0.5) is 0 Å². The van der Waals surface area contributed by atoms with Crippen molar-refractivity contribution >= 4 is 17.7 Å². The molecule has 1 amide bonds. The van der Waals surface area contributed by atoms with Gasteiger partial charge in [-0.2, -0.15) is 4.68 Å². The van der Waals surface area contributed by atoms with E-state index in [2.05, 4.69) is 36.3 Å². The molecule has 0 bridgehead atoms. The SMILES string of the molecule is Cc1nnc(SCC(=O)NCCOc2ccc(C(C)(C)C)cc2)n(N)c1=O. The van der Waals surface area contributed by atoms with Crippen molar-refractivity contribution in [3.8, 4) is 5.75 Å². The number of rotatable bonds is 7. The second-order valence-electron chi connectivity index (χ2n) is 7.00. The van der Waals surface area contributed by atoms with Crippen molar-refractivity contribution in [3.63, 3.8) is 0 Å². The first-order chi connectivity index (χ1) is 12.7. The van der Waals surface area contributed by atoms with E-state index in [1.165, 1.54) is 12.5 Å². The van der Waals surface area contributed by atoms with Crippen LogP contribution in [0, 0.1) is 6.92 Å². The minimum Gasteiger partial charge on any atom is -0.492 e. The highest BCUT2D eigenvalue weighted by Gasteiger charge is 2.13. The van der Waals surface area contributed by atoms with Gasteiger partial charge in [0.1, 0.15) is 18.1 Å². The van der Waals surface area contributed by atoms with E-state index in [1.54, 1.807) is 0 Å². The van der Waals surface area contributed by atoms with Crippen LogP contribution in [0.1, 0.15) is 32.0 Å². The minimum absolute atomic E-state index is 0.0780. The van der Waals surface area contributed by atoms with Gasteiger partial charge in [0.2, 0.25) is 11.1 Å². The van der Waals surface area contributed by atoms with Crippen molar-refractivity contribution in [2.75, 3.05) is 24.7 Å². The maximum absolute atomic E-state index is 11.9. The highest BCUT2D eigenvalue weighted by atomic mass is 32.2. The van der Waals surface area contributed by atoms with Crippen molar-refractivity contribution in [3.05, 3.63) is 45.9 Å². The van der Waals surface area contributed by atoms with Crippen LogP contribution in [0.3, 0.4) is 0 Å². The Hall–Kier alpha value is -2.55. The molecule has 146 valence electrons. The Bertz CT molecular complexity index is 844. The number of nitrogens with two attached hydrogens (primary N) is 1. The quantitative estimate of drug-likeness (QED) is 0.415. The van der Waals surface area contributed by atoms with Gasteiger partial charge in [0.25, 0.3) is 5.56 Å². The number of ether oxygens (including phenoxy) is 1. The molecule has 2 rings (SSSR count). The van der Waals surface area contributed by atoms with Gasteiger partial charge in [-0.3, -0.25) is 9.59 Å². The minimum atomic E-state index is -0.432. The van der Waals surface area contributed by atoms with Crippen LogP contribution in [0.25, 0.3) is 0 Å². The molecule has 3 N–H and O–H groups in total. The van der Waals surface area contributed by atoms with Gasteiger partial charge in [0.05, 0.1) is 12.3 Å². The molecular weight excluding hydrogens is 366 g/mol. The number of thioether (sulfide) groups is 1. The van der Waals surface area contributed by atoms with E-state index >= 15 is 0 Å². The summed E-state index contributed by atoms with van der Waals surface area (Å²) in [5, 5.41) is 10.5. The van der Waals surface area contributed by atoms with E-state index in [1.807, 2.05) is 24.3 Å². The van der Waals surface area contributed by atoms with E-state index in [9.17, 15) is 9.59 Å². The lowest BCUT2D eigenvalue weighted by Gasteiger charge is -2.19.